The van der Waals surface area contributed by atoms with Crippen molar-refractivity contribution in [3.8, 4) is 0 Å². The average Bonchev–Trinajstić information content (AvgIpc) is 2.35. The maximum atomic E-state index is 12.0. The normalized spacial score (nSPS) is 15.1. The fourth-order valence-electron chi connectivity index (χ4n) is 2.19. The highest BCUT2D eigenvalue weighted by Crippen LogP contribution is 2.20. The molecule has 20 heavy (non-hydrogen) atoms. The van der Waals surface area contributed by atoms with Gasteiger partial charge in [0, 0.05) is 11.3 Å². The van der Waals surface area contributed by atoms with Crippen LogP contribution in [-0.2, 0) is 4.74 Å². The number of amides is 2. The van der Waals surface area contributed by atoms with Crippen LogP contribution in [-0.4, -0.2) is 42.5 Å². The van der Waals surface area contributed by atoms with Crippen molar-refractivity contribution in [3.63, 3.8) is 0 Å². The van der Waals surface area contributed by atoms with E-state index in [0.717, 1.165) is 11.8 Å². The molecule has 2 rings (SSSR count). The minimum atomic E-state index is -0.153. The Morgan fingerprint density at radius 2 is 2.15 bits per heavy atom. The summed E-state index contributed by atoms with van der Waals surface area (Å²) in [6, 6.07) is 5.13. The summed E-state index contributed by atoms with van der Waals surface area (Å²) in [6.45, 7) is 7.00. The zero-order valence-electron chi connectivity index (χ0n) is 12.1. The molecule has 0 bridgehead atoms. The molecule has 1 aromatic rings. The molecule has 0 atom stereocenters. The highest BCUT2D eigenvalue weighted by atomic mass is 16.5. The van der Waals surface area contributed by atoms with Gasteiger partial charge in [-0.1, -0.05) is 12.1 Å². The molecule has 0 aliphatic carbocycles. The largest absolute Gasteiger partial charge is 0.372 e. The van der Waals surface area contributed by atoms with Crippen molar-refractivity contribution >= 4 is 18.0 Å². The molecule has 5 heteroatoms. The molecular weight excluding hydrogens is 256 g/mol. The van der Waals surface area contributed by atoms with Crippen LogP contribution in [0.1, 0.15) is 29.8 Å². The number of hydrogen-bond donors (Lipinski definition) is 1. The molecule has 108 valence electrons. The van der Waals surface area contributed by atoms with E-state index in [1.807, 2.05) is 20.8 Å². The standard InChI is InChI=1S/C15H20N2O3/c1-10(2)20-13-7-17(8-13)15(19)16-14-6-4-5-12(9-18)11(14)3/h4-6,9-10,13H,7-8H2,1-3H3,(H,16,19). The third-order valence-electron chi connectivity index (χ3n) is 3.34. The van der Waals surface area contributed by atoms with Crippen LogP contribution in [0.15, 0.2) is 18.2 Å². The van der Waals surface area contributed by atoms with Crippen LogP contribution in [0.25, 0.3) is 0 Å². The molecule has 0 saturated carbocycles. The van der Waals surface area contributed by atoms with E-state index in [2.05, 4.69) is 5.32 Å². The zero-order valence-corrected chi connectivity index (χ0v) is 12.1. The van der Waals surface area contributed by atoms with E-state index in [-0.39, 0.29) is 18.2 Å². The number of anilines is 1. The second-order valence-electron chi connectivity index (χ2n) is 5.28. The van der Waals surface area contributed by atoms with Crippen molar-refractivity contribution < 1.29 is 14.3 Å². The lowest BCUT2D eigenvalue weighted by atomic mass is 10.1. The molecule has 1 aromatic carbocycles. The average molecular weight is 276 g/mol. The van der Waals surface area contributed by atoms with E-state index >= 15 is 0 Å². The van der Waals surface area contributed by atoms with Gasteiger partial charge in [0.25, 0.3) is 0 Å². The van der Waals surface area contributed by atoms with Gasteiger partial charge in [-0.15, -0.1) is 0 Å². The number of carbonyl (C=O) groups is 2. The Morgan fingerprint density at radius 1 is 1.45 bits per heavy atom. The topological polar surface area (TPSA) is 58.6 Å². The van der Waals surface area contributed by atoms with Crippen LogP contribution < -0.4 is 5.32 Å². The van der Waals surface area contributed by atoms with Crippen LogP contribution in [0.5, 0.6) is 0 Å². The molecule has 0 spiro atoms. The second kappa shape index (κ2) is 6.05. The zero-order chi connectivity index (χ0) is 14.7. The fraction of sp³-hybridized carbons (Fsp3) is 0.467. The molecular formula is C15H20N2O3. The Bertz CT molecular complexity index is 508. The molecule has 1 fully saturated rings. The van der Waals surface area contributed by atoms with Gasteiger partial charge in [0.1, 0.15) is 6.29 Å². The van der Waals surface area contributed by atoms with E-state index < -0.39 is 0 Å². The predicted molar refractivity (Wildman–Crippen MR) is 77.2 cm³/mol. The minimum Gasteiger partial charge on any atom is -0.372 e. The maximum absolute atomic E-state index is 12.0. The summed E-state index contributed by atoms with van der Waals surface area (Å²) in [6.07, 6.45) is 1.10. The highest BCUT2D eigenvalue weighted by molar-refractivity contribution is 5.92. The SMILES string of the molecule is Cc1c(C=O)cccc1NC(=O)N1CC(OC(C)C)C1. The van der Waals surface area contributed by atoms with Crippen molar-refractivity contribution in [1.29, 1.82) is 0 Å². The first-order valence-electron chi connectivity index (χ1n) is 6.77. The first kappa shape index (κ1) is 14.5. The molecule has 1 aliphatic rings. The Kier molecular flexibility index (Phi) is 4.39. The molecule has 5 nitrogen and oxygen atoms in total. The number of ether oxygens (including phenoxy) is 1. The van der Waals surface area contributed by atoms with Gasteiger partial charge in [0.15, 0.2) is 0 Å². The van der Waals surface area contributed by atoms with Gasteiger partial charge < -0.3 is 15.0 Å². The summed E-state index contributed by atoms with van der Waals surface area (Å²) < 4.78 is 5.61. The van der Waals surface area contributed by atoms with Crippen molar-refractivity contribution in [3.05, 3.63) is 29.3 Å². The summed E-state index contributed by atoms with van der Waals surface area (Å²) in [4.78, 5) is 24.6. The van der Waals surface area contributed by atoms with E-state index in [4.69, 9.17) is 4.74 Å². The number of rotatable bonds is 4. The third-order valence-corrected chi connectivity index (χ3v) is 3.34. The Hall–Kier alpha value is -1.88. The van der Waals surface area contributed by atoms with Crippen molar-refractivity contribution in [1.82, 2.24) is 4.90 Å². The maximum Gasteiger partial charge on any atom is 0.322 e. The van der Waals surface area contributed by atoms with Gasteiger partial charge >= 0.3 is 6.03 Å². The molecule has 0 aromatic heterocycles. The monoisotopic (exact) mass is 276 g/mol. The van der Waals surface area contributed by atoms with Crippen LogP contribution in [0, 0.1) is 6.92 Å². The van der Waals surface area contributed by atoms with Crippen LogP contribution in [0.3, 0.4) is 0 Å². The van der Waals surface area contributed by atoms with Crippen molar-refractivity contribution in [2.24, 2.45) is 0 Å². The number of nitrogens with one attached hydrogen (secondary N) is 1. The molecule has 1 aliphatic heterocycles. The Labute approximate surface area is 118 Å². The second-order valence-corrected chi connectivity index (χ2v) is 5.28. The predicted octanol–water partition coefficient (Wildman–Crippen LogP) is 2.45. The lowest BCUT2D eigenvalue weighted by Crippen LogP contribution is -2.56. The first-order chi connectivity index (χ1) is 9.51. The molecule has 2 amide bonds. The number of nitrogens with zero attached hydrogens (tertiary/aromatic N) is 1. The lowest BCUT2D eigenvalue weighted by molar-refractivity contribution is -0.0624. The van der Waals surface area contributed by atoms with Crippen LogP contribution >= 0.6 is 0 Å². The lowest BCUT2D eigenvalue weighted by Gasteiger charge is -2.39. The van der Waals surface area contributed by atoms with Crippen LogP contribution in [0.2, 0.25) is 0 Å². The van der Waals surface area contributed by atoms with E-state index in [1.165, 1.54) is 0 Å². The van der Waals surface area contributed by atoms with Gasteiger partial charge in [0.2, 0.25) is 0 Å². The molecule has 1 saturated heterocycles. The molecule has 0 radical (unpaired) electrons. The van der Waals surface area contributed by atoms with Gasteiger partial charge in [-0.25, -0.2) is 4.79 Å². The Balaban J connectivity index is 1.92. The van der Waals surface area contributed by atoms with E-state index in [1.54, 1.807) is 23.1 Å². The van der Waals surface area contributed by atoms with Crippen molar-refractivity contribution in [2.45, 2.75) is 33.0 Å². The minimum absolute atomic E-state index is 0.128. The summed E-state index contributed by atoms with van der Waals surface area (Å²) >= 11 is 0. The number of carbonyl (C=O) groups excluding carboxylic acids is 2. The number of benzene rings is 1. The number of urea groups is 1. The number of aldehydes is 1. The van der Waals surface area contributed by atoms with Gasteiger partial charge in [-0.05, 0) is 32.4 Å². The van der Waals surface area contributed by atoms with E-state index in [9.17, 15) is 9.59 Å². The van der Waals surface area contributed by atoms with Crippen LogP contribution in [0.4, 0.5) is 10.5 Å². The summed E-state index contributed by atoms with van der Waals surface area (Å²) in [5.41, 5.74) is 2.05. The summed E-state index contributed by atoms with van der Waals surface area (Å²) in [7, 11) is 0. The van der Waals surface area contributed by atoms with Gasteiger partial charge in [-0.2, -0.15) is 0 Å². The van der Waals surface area contributed by atoms with Gasteiger partial charge in [0.05, 0.1) is 25.3 Å². The Morgan fingerprint density at radius 3 is 2.75 bits per heavy atom. The third kappa shape index (κ3) is 3.17. The highest BCUT2D eigenvalue weighted by Gasteiger charge is 2.32. The quantitative estimate of drug-likeness (QED) is 0.859. The summed E-state index contributed by atoms with van der Waals surface area (Å²) in [5.74, 6) is 0. The van der Waals surface area contributed by atoms with Crippen molar-refractivity contribution in [2.75, 3.05) is 18.4 Å². The van der Waals surface area contributed by atoms with Gasteiger partial charge in [-0.3, -0.25) is 4.79 Å². The van der Waals surface area contributed by atoms with E-state index in [0.29, 0.717) is 24.3 Å². The summed E-state index contributed by atoms with van der Waals surface area (Å²) in [5, 5.41) is 2.83. The number of hydrogen-bond acceptors (Lipinski definition) is 3. The smallest absolute Gasteiger partial charge is 0.322 e. The number of likely N-dealkylation sites (tertiary alicyclic amines) is 1. The molecule has 1 heterocycles. The molecule has 0 unspecified atom stereocenters. The first-order valence-corrected chi connectivity index (χ1v) is 6.77. The molecule has 1 N–H and O–H groups in total. The fourth-order valence-corrected chi connectivity index (χ4v) is 2.19.